The summed E-state index contributed by atoms with van der Waals surface area (Å²) >= 11 is 0. The average molecular weight is 595 g/mol. The van der Waals surface area contributed by atoms with Crippen LogP contribution in [0.3, 0.4) is 0 Å². The van der Waals surface area contributed by atoms with Crippen molar-refractivity contribution in [3.63, 3.8) is 0 Å². The van der Waals surface area contributed by atoms with Gasteiger partial charge in [-0.2, -0.15) is 17.2 Å². The van der Waals surface area contributed by atoms with E-state index in [4.69, 9.17) is 5.73 Å². The van der Waals surface area contributed by atoms with E-state index in [1.54, 1.807) is 19.9 Å². The molecule has 3 rings (SSSR count). The van der Waals surface area contributed by atoms with Crippen molar-refractivity contribution in [1.82, 2.24) is 9.78 Å². The summed E-state index contributed by atoms with van der Waals surface area (Å²) in [7, 11) is 0. The van der Waals surface area contributed by atoms with Gasteiger partial charge in [0.2, 0.25) is 0 Å². The predicted molar refractivity (Wildman–Crippen MR) is 101 cm³/mol. The molecule has 0 fully saturated rings. The van der Waals surface area contributed by atoms with Crippen molar-refractivity contribution in [2.24, 2.45) is 10.7 Å². The Morgan fingerprint density at radius 1 is 1.10 bits per heavy atom. The van der Waals surface area contributed by atoms with Gasteiger partial charge in [0.25, 0.3) is 0 Å². The molecule has 2 N–H and O–H groups in total. The van der Waals surface area contributed by atoms with Crippen molar-refractivity contribution in [3.05, 3.63) is 89.4 Å². The molecule has 0 amide bonds. The van der Waals surface area contributed by atoms with Crippen LogP contribution in [0.2, 0.25) is 0 Å². The maximum absolute atomic E-state index is 13.9. The Morgan fingerprint density at radius 3 is 2.37 bits per heavy atom. The zero-order chi connectivity index (χ0) is 21.2. The molecule has 158 valence electrons. The molecular weight excluding hydrogens is 579 g/mol. The zero-order valence-corrected chi connectivity index (χ0v) is 18.1. The number of hydrogen-bond donors (Lipinski definition) is 1. The first-order valence-electron chi connectivity index (χ1n) is 8.49. The first kappa shape index (κ1) is 23.5. The van der Waals surface area contributed by atoms with Crippen molar-refractivity contribution in [2.45, 2.75) is 19.3 Å². The van der Waals surface area contributed by atoms with Crippen LogP contribution in [0, 0.1) is 35.4 Å². The number of rotatable bonds is 5. The molecule has 3 aromatic rings. The van der Waals surface area contributed by atoms with Crippen LogP contribution in [-0.4, -0.2) is 16.0 Å². The number of allylic oxidation sites excluding steroid dienone is 2. The maximum Gasteiger partial charge on any atom is 2.00 e. The van der Waals surface area contributed by atoms with Gasteiger partial charge in [0, 0.05) is 46.8 Å². The van der Waals surface area contributed by atoms with Crippen LogP contribution in [0.5, 0.6) is 0 Å². The number of nitrogens with zero attached hydrogens (tertiary/aromatic N) is 3. The molecule has 1 aromatic heterocycles. The minimum absolute atomic E-state index is 0. The van der Waals surface area contributed by atoms with Crippen molar-refractivity contribution < 1.29 is 38.6 Å². The quantitative estimate of drug-likeness (QED) is 0.268. The molecule has 0 aliphatic carbocycles. The van der Waals surface area contributed by atoms with E-state index in [1.807, 2.05) is 0 Å². The SMILES string of the molecule is CC(C)(/C(N)=C/C=Nc1[c-]cc(F)cc1F)c1ccn(-c2[c-]cc(F)cc2F)n1.[Pt+2]. The molecular formula is C21H16F4N4Pt. The van der Waals surface area contributed by atoms with Crippen LogP contribution in [0.25, 0.3) is 5.69 Å². The fourth-order valence-electron chi connectivity index (χ4n) is 2.48. The van der Waals surface area contributed by atoms with Gasteiger partial charge < -0.3 is 5.73 Å². The van der Waals surface area contributed by atoms with Crippen molar-refractivity contribution in [2.75, 3.05) is 0 Å². The smallest absolute Gasteiger partial charge is 0.401 e. The van der Waals surface area contributed by atoms with E-state index in [-0.39, 0.29) is 32.4 Å². The number of benzene rings is 2. The molecule has 0 atom stereocenters. The Balaban J connectivity index is 0.00000320. The third-order valence-electron chi connectivity index (χ3n) is 4.31. The normalized spacial score (nSPS) is 12.3. The number of nitrogens with two attached hydrogens (primary N) is 1. The predicted octanol–water partition coefficient (Wildman–Crippen LogP) is 4.55. The van der Waals surface area contributed by atoms with Crippen molar-refractivity contribution >= 4 is 11.9 Å². The minimum Gasteiger partial charge on any atom is -0.401 e. The molecule has 0 aliphatic heterocycles. The van der Waals surface area contributed by atoms with Gasteiger partial charge in [-0.05, 0) is 37.4 Å². The van der Waals surface area contributed by atoms with E-state index in [2.05, 4.69) is 22.2 Å². The molecule has 2 aromatic carbocycles. The Kier molecular flexibility index (Phi) is 7.37. The maximum atomic E-state index is 13.9. The summed E-state index contributed by atoms with van der Waals surface area (Å²) in [5.74, 6) is -3.13. The number of hydrogen-bond acceptors (Lipinski definition) is 3. The molecule has 0 radical (unpaired) electrons. The topological polar surface area (TPSA) is 56.2 Å². The third-order valence-corrected chi connectivity index (χ3v) is 4.31. The molecule has 0 saturated heterocycles. The summed E-state index contributed by atoms with van der Waals surface area (Å²) in [6.07, 6.45) is 4.24. The van der Waals surface area contributed by atoms with E-state index in [1.165, 1.54) is 23.2 Å². The van der Waals surface area contributed by atoms with Gasteiger partial charge in [-0.25, -0.2) is 0 Å². The van der Waals surface area contributed by atoms with E-state index in [9.17, 15) is 17.6 Å². The van der Waals surface area contributed by atoms with Gasteiger partial charge in [-0.1, -0.05) is 0 Å². The van der Waals surface area contributed by atoms with E-state index in [0.29, 0.717) is 17.5 Å². The molecule has 4 nitrogen and oxygen atoms in total. The summed E-state index contributed by atoms with van der Waals surface area (Å²) in [6.45, 7) is 3.57. The van der Waals surface area contributed by atoms with E-state index >= 15 is 0 Å². The van der Waals surface area contributed by atoms with Crippen molar-refractivity contribution in [3.8, 4) is 5.69 Å². The van der Waals surface area contributed by atoms with Crippen LogP contribution >= 0.6 is 0 Å². The number of aromatic nitrogens is 2. The molecule has 0 unspecified atom stereocenters. The molecule has 0 bridgehead atoms. The van der Waals surface area contributed by atoms with Gasteiger partial charge in [0.05, 0.1) is 5.69 Å². The standard InChI is InChI=1S/C21H16F4N4.Pt/c1-21(2,19(26)7-9-27-17-5-3-13(22)11-15(17)24)20-8-10-29(28-20)18-6-4-14(23)12-16(18)25;/h3-4,7-12H,26H2,1-2H3;/q-2;+2/b19-7-,27-9?;. The van der Waals surface area contributed by atoms with Crippen molar-refractivity contribution in [1.29, 1.82) is 0 Å². The summed E-state index contributed by atoms with van der Waals surface area (Å²) in [6, 6.07) is 9.96. The summed E-state index contributed by atoms with van der Waals surface area (Å²) in [5, 5.41) is 4.30. The number of halogens is 4. The van der Waals surface area contributed by atoms with Crippen LogP contribution in [-0.2, 0) is 26.5 Å². The first-order chi connectivity index (χ1) is 13.7. The third kappa shape index (κ3) is 5.05. The van der Waals surface area contributed by atoms with Gasteiger partial charge in [-0.3, -0.25) is 27.2 Å². The van der Waals surface area contributed by atoms with Gasteiger partial charge >= 0.3 is 21.1 Å². The van der Waals surface area contributed by atoms with E-state index < -0.39 is 28.7 Å². The second-order valence-electron chi connectivity index (χ2n) is 6.70. The fourth-order valence-corrected chi connectivity index (χ4v) is 2.48. The van der Waals surface area contributed by atoms with Gasteiger partial charge in [0.1, 0.15) is 0 Å². The summed E-state index contributed by atoms with van der Waals surface area (Å²) in [5.41, 5.74) is 6.03. The second kappa shape index (κ2) is 9.39. The molecule has 30 heavy (non-hydrogen) atoms. The summed E-state index contributed by atoms with van der Waals surface area (Å²) in [4.78, 5) is 3.87. The Bertz CT molecular complexity index is 1110. The van der Waals surface area contributed by atoms with Crippen LogP contribution in [0.15, 0.2) is 53.3 Å². The zero-order valence-electron chi connectivity index (χ0n) is 15.9. The van der Waals surface area contributed by atoms with Crippen LogP contribution in [0.1, 0.15) is 19.5 Å². The fraction of sp³-hybridized carbons (Fsp3) is 0.143. The van der Waals surface area contributed by atoms with Gasteiger partial charge in [0.15, 0.2) is 0 Å². The van der Waals surface area contributed by atoms with E-state index in [0.717, 1.165) is 18.2 Å². The van der Waals surface area contributed by atoms with Crippen LogP contribution < -0.4 is 5.73 Å². The van der Waals surface area contributed by atoms with Gasteiger partial charge in [-0.15, -0.1) is 24.3 Å². The first-order valence-corrected chi connectivity index (χ1v) is 8.49. The molecule has 0 aliphatic rings. The Morgan fingerprint density at radius 2 is 1.73 bits per heavy atom. The molecule has 0 saturated carbocycles. The molecule has 0 spiro atoms. The monoisotopic (exact) mass is 595 g/mol. The number of aliphatic imine (C=N–C) groups is 1. The average Bonchev–Trinajstić information content (AvgIpc) is 3.14. The molecule has 1 heterocycles. The summed E-state index contributed by atoms with van der Waals surface area (Å²) < 4.78 is 54.7. The largest absolute Gasteiger partial charge is 2.00 e. The minimum atomic E-state index is -0.844. The second-order valence-corrected chi connectivity index (χ2v) is 6.70. The molecule has 9 heteroatoms. The van der Waals surface area contributed by atoms with Crippen LogP contribution in [0.4, 0.5) is 23.2 Å². The Hall–Kier alpha value is -2.73. The Labute approximate surface area is 185 Å².